The topological polar surface area (TPSA) is 17.8 Å². The smallest absolute Gasteiger partial charge is 0.0576 e. The molecule has 1 saturated carbocycles. The highest BCUT2D eigenvalue weighted by Gasteiger charge is 2.19. The number of rotatable bonds is 2. The molecule has 2 heterocycles. The van der Waals surface area contributed by atoms with Gasteiger partial charge in [0, 0.05) is 21.5 Å². The van der Waals surface area contributed by atoms with Crippen molar-refractivity contribution in [2.45, 2.75) is 57.9 Å². The van der Waals surface area contributed by atoms with E-state index in [4.69, 9.17) is 0 Å². The molecule has 1 aliphatic carbocycles. The number of hydrogen-bond donors (Lipinski definition) is 0. The van der Waals surface area contributed by atoms with Gasteiger partial charge in [0.25, 0.3) is 0 Å². The molecule has 1 aliphatic rings. The lowest BCUT2D eigenvalue weighted by atomic mass is 9.95. The first-order valence-electron chi connectivity index (χ1n) is 7.19. The van der Waals surface area contributed by atoms with Crippen LogP contribution >= 0.6 is 11.3 Å². The highest BCUT2D eigenvalue weighted by molar-refractivity contribution is 7.15. The van der Waals surface area contributed by atoms with Crippen LogP contribution in [0.15, 0.2) is 24.5 Å². The summed E-state index contributed by atoms with van der Waals surface area (Å²) in [6, 6.07) is 5.13. The van der Waals surface area contributed by atoms with Gasteiger partial charge in [-0.3, -0.25) is 4.68 Å². The molecule has 2 nitrogen and oxygen atoms in total. The molecule has 19 heavy (non-hydrogen) atoms. The summed E-state index contributed by atoms with van der Waals surface area (Å²) < 4.78 is 2.18. The fraction of sp³-hybridized carbons (Fsp3) is 0.562. The van der Waals surface area contributed by atoms with Gasteiger partial charge in [0.1, 0.15) is 0 Å². The van der Waals surface area contributed by atoms with Crippen LogP contribution < -0.4 is 0 Å². The van der Waals surface area contributed by atoms with E-state index in [1.807, 2.05) is 17.5 Å². The molecule has 0 aliphatic heterocycles. The van der Waals surface area contributed by atoms with E-state index in [-0.39, 0.29) is 5.41 Å². The molecule has 2 aromatic heterocycles. The van der Waals surface area contributed by atoms with Gasteiger partial charge in [-0.2, -0.15) is 5.10 Å². The summed E-state index contributed by atoms with van der Waals surface area (Å²) in [4.78, 5) is 2.78. The third kappa shape index (κ3) is 2.62. The lowest BCUT2D eigenvalue weighted by Crippen LogP contribution is -2.07. The number of hydrogen-bond acceptors (Lipinski definition) is 2. The highest BCUT2D eigenvalue weighted by atomic mass is 32.1. The summed E-state index contributed by atoms with van der Waals surface area (Å²) in [5.74, 6) is 0. The van der Waals surface area contributed by atoms with Crippen molar-refractivity contribution < 1.29 is 0 Å². The van der Waals surface area contributed by atoms with Gasteiger partial charge < -0.3 is 0 Å². The van der Waals surface area contributed by atoms with E-state index in [2.05, 4.69) is 48.9 Å². The van der Waals surface area contributed by atoms with Crippen LogP contribution in [-0.4, -0.2) is 9.78 Å². The van der Waals surface area contributed by atoms with E-state index in [9.17, 15) is 0 Å². The summed E-state index contributed by atoms with van der Waals surface area (Å²) in [5, 5.41) is 4.57. The van der Waals surface area contributed by atoms with Crippen molar-refractivity contribution in [3.63, 3.8) is 0 Å². The highest BCUT2D eigenvalue weighted by Crippen LogP contribution is 2.36. The zero-order valence-electron chi connectivity index (χ0n) is 12.0. The molecule has 0 bridgehead atoms. The van der Waals surface area contributed by atoms with E-state index in [1.54, 1.807) is 0 Å². The predicted octanol–water partition coefficient (Wildman–Crippen LogP) is 5.02. The molecule has 0 aromatic carbocycles. The Morgan fingerprint density at radius 2 is 1.95 bits per heavy atom. The van der Waals surface area contributed by atoms with Gasteiger partial charge in [0.05, 0.1) is 12.2 Å². The maximum absolute atomic E-state index is 4.57. The quantitative estimate of drug-likeness (QED) is 0.751. The minimum atomic E-state index is 0.240. The van der Waals surface area contributed by atoms with Gasteiger partial charge in [-0.25, -0.2) is 0 Å². The zero-order valence-corrected chi connectivity index (χ0v) is 12.8. The summed E-state index contributed by atoms with van der Waals surface area (Å²) in [5.41, 5.74) is 1.51. The Hall–Kier alpha value is -1.09. The maximum atomic E-state index is 4.57. The Morgan fingerprint density at radius 1 is 1.21 bits per heavy atom. The maximum Gasteiger partial charge on any atom is 0.0576 e. The molecule has 3 heteroatoms. The normalized spacial score (nSPS) is 17.2. The fourth-order valence-corrected chi connectivity index (χ4v) is 3.77. The van der Waals surface area contributed by atoms with Gasteiger partial charge in [-0.15, -0.1) is 11.3 Å². The summed E-state index contributed by atoms with van der Waals surface area (Å²) in [6.07, 6.45) is 9.54. The molecular weight excluding hydrogens is 252 g/mol. The first-order chi connectivity index (χ1) is 9.04. The van der Waals surface area contributed by atoms with Crippen LogP contribution in [-0.2, 0) is 5.41 Å². The Morgan fingerprint density at radius 3 is 2.58 bits per heavy atom. The molecular formula is C16H22N2S. The second-order valence-corrected chi connectivity index (χ2v) is 7.64. The summed E-state index contributed by atoms with van der Waals surface area (Å²) in [7, 11) is 0. The molecule has 102 valence electrons. The summed E-state index contributed by atoms with van der Waals surface area (Å²) >= 11 is 1.90. The standard InChI is InChI=1S/C16H22N2S/c1-16(2,3)15-9-8-14(19-15)12-10-17-18(11-12)13-6-4-5-7-13/h8-11,13H,4-7H2,1-3H3. The lowest BCUT2D eigenvalue weighted by Gasteiger charge is -2.15. The van der Waals surface area contributed by atoms with Crippen LogP contribution in [0, 0.1) is 0 Å². The Balaban J connectivity index is 1.84. The fourth-order valence-electron chi connectivity index (χ4n) is 2.73. The largest absolute Gasteiger partial charge is 0.269 e. The zero-order chi connectivity index (χ0) is 13.5. The first-order valence-corrected chi connectivity index (χ1v) is 8.00. The molecule has 1 fully saturated rings. The van der Waals surface area contributed by atoms with Gasteiger partial charge in [0.2, 0.25) is 0 Å². The van der Waals surface area contributed by atoms with Gasteiger partial charge in [-0.05, 0) is 30.4 Å². The van der Waals surface area contributed by atoms with Crippen molar-refractivity contribution in [1.82, 2.24) is 9.78 Å². The molecule has 3 rings (SSSR count). The van der Waals surface area contributed by atoms with Gasteiger partial charge >= 0.3 is 0 Å². The summed E-state index contributed by atoms with van der Waals surface area (Å²) in [6.45, 7) is 6.81. The van der Waals surface area contributed by atoms with Crippen LogP contribution in [0.1, 0.15) is 57.4 Å². The molecule has 0 unspecified atom stereocenters. The third-order valence-electron chi connectivity index (χ3n) is 3.93. The van der Waals surface area contributed by atoms with E-state index in [1.165, 1.54) is 41.0 Å². The van der Waals surface area contributed by atoms with Crippen molar-refractivity contribution >= 4 is 11.3 Å². The molecule has 0 spiro atoms. The average molecular weight is 274 g/mol. The Kier molecular flexibility index (Phi) is 3.25. The van der Waals surface area contributed by atoms with Crippen LogP contribution in [0.2, 0.25) is 0 Å². The van der Waals surface area contributed by atoms with Crippen molar-refractivity contribution in [1.29, 1.82) is 0 Å². The van der Waals surface area contributed by atoms with Crippen molar-refractivity contribution in [2.75, 3.05) is 0 Å². The second-order valence-electron chi connectivity index (χ2n) is 6.56. The number of aromatic nitrogens is 2. The third-order valence-corrected chi connectivity index (χ3v) is 5.49. The molecule has 0 saturated heterocycles. The molecule has 0 N–H and O–H groups in total. The monoisotopic (exact) mass is 274 g/mol. The van der Waals surface area contributed by atoms with Crippen molar-refractivity contribution in [3.8, 4) is 10.4 Å². The van der Waals surface area contributed by atoms with Crippen molar-refractivity contribution in [3.05, 3.63) is 29.4 Å². The van der Waals surface area contributed by atoms with Crippen LogP contribution in [0.4, 0.5) is 0 Å². The average Bonchev–Trinajstić information content (AvgIpc) is 3.10. The minimum Gasteiger partial charge on any atom is -0.269 e. The van der Waals surface area contributed by atoms with E-state index in [0.29, 0.717) is 6.04 Å². The predicted molar refractivity (Wildman–Crippen MR) is 81.7 cm³/mol. The first kappa shape index (κ1) is 12.9. The van der Waals surface area contributed by atoms with Gasteiger partial charge in [-0.1, -0.05) is 33.6 Å². The molecule has 0 amide bonds. The van der Waals surface area contributed by atoms with Crippen molar-refractivity contribution in [2.24, 2.45) is 0 Å². The Labute approximate surface area is 119 Å². The van der Waals surface area contributed by atoms with E-state index < -0.39 is 0 Å². The number of thiophene rings is 1. The number of nitrogens with zero attached hydrogens (tertiary/aromatic N) is 2. The Bertz CT molecular complexity index is 553. The van der Waals surface area contributed by atoms with Crippen LogP contribution in [0.25, 0.3) is 10.4 Å². The minimum absolute atomic E-state index is 0.240. The van der Waals surface area contributed by atoms with E-state index >= 15 is 0 Å². The van der Waals surface area contributed by atoms with Crippen LogP contribution in [0.3, 0.4) is 0 Å². The van der Waals surface area contributed by atoms with Gasteiger partial charge in [0.15, 0.2) is 0 Å². The molecule has 2 aromatic rings. The molecule has 0 atom stereocenters. The van der Waals surface area contributed by atoms with E-state index in [0.717, 1.165) is 0 Å². The lowest BCUT2D eigenvalue weighted by molar-refractivity contribution is 0.467. The molecule has 0 radical (unpaired) electrons. The second kappa shape index (κ2) is 4.78. The SMILES string of the molecule is CC(C)(C)c1ccc(-c2cnn(C3CCCC3)c2)s1. The van der Waals surface area contributed by atoms with Crippen LogP contribution in [0.5, 0.6) is 0 Å².